The number of nitrogens with one attached hydrogen (secondary N) is 2. The summed E-state index contributed by atoms with van der Waals surface area (Å²) in [5.74, 6) is -0.451. The van der Waals surface area contributed by atoms with Crippen LogP contribution in [0.15, 0.2) is 24.3 Å². The molecule has 1 aliphatic rings. The van der Waals surface area contributed by atoms with E-state index in [4.69, 9.17) is 0 Å². The van der Waals surface area contributed by atoms with Crippen LogP contribution < -0.4 is 10.6 Å². The quantitative estimate of drug-likeness (QED) is 0.885. The largest absolute Gasteiger partial charge is 0.325 e. The molecule has 1 aromatic carbocycles. The van der Waals surface area contributed by atoms with E-state index >= 15 is 0 Å². The monoisotopic (exact) mass is 278 g/mol. The Bertz CT molecular complexity index is 428. The van der Waals surface area contributed by atoms with E-state index in [-0.39, 0.29) is 11.7 Å². The molecule has 1 aromatic rings. The summed E-state index contributed by atoms with van der Waals surface area (Å²) in [7, 11) is 0. The molecule has 0 spiro atoms. The molecule has 0 unspecified atom stereocenters. The van der Waals surface area contributed by atoms with E-state index in [1.54, 1.807) is 12.1 Å². The Morgan fingerprint density at radius 3 is 2.55 bits per heavy atom. The van der Waals surface area contributed by atoms with Gasteiger partial charge in [-0.2, -0.15) is 0 Å². The van der Waals surface area contributed by atoms with Crippen LogP contribution in [-0.4, -0.2) is 18.5 Å². The number of halogens is 1. The van der Waals surface area contributed by atoms with Crippen LogP contribution in [-0.2, 0) is 4.79 Å². The predicted molar refractivity (Wildman–Crippen MR) is 79.1 cm³/mol. The van der Waals surface area contributed by atoms with Crippen molar-refractivity contribution in [3.63, 3.8) is 0 Å². The Hall–Kier alpha value is -1.42. The fourth-order valence-corrected chi connectivity index (χ4v) is 2.67. The smallest absolute Gasteiger partial charge is 0.238 e. The number of benzene rings is 1. The number of anilines is 1. The van der Waals surface area contributed by atoms with Gasteiger partial charge in [0.1, 0.15) is 5.82 Å². The van der Waals surface area contributed by atoms with E-state index in [0.29, 0.717) is 18.3 Å². The summed E-state index contributed by atoms with van der Waals surface area (Å²) in [5.41, 5.74) is 0.509. The van der Waals surface area contributed by atoms with Crippen molar-refractivity contribution in [2.75, 3.05) is 11.9 Å². The van der Waals surface area contributed by atoms with Crippen molar-refractivity contribution in [1.82, 2.24) is 5.32 Å². The standard InChI is InChI=1S/C16H23FN2O/c17-13-7-6-10-15(11-13)19-16(20)12-18-14-8-4-2-1-3-5-9-14/h6-7,10-11,14,18H,1-5,8-9,12H2,(H,19,20). The highest BCUT2D eigenvalue weighted by molar-refractivity contribution is 5.92. The van der Waals surface area contributed by atoms with E-state index in [0.717, 1.165) is 12.8 Å². The van der Waals surface area contributed by atoms with Gasteiger partial charge in [0.2, 0.25) is 5.91 Å². The van der Waals surface area contributed by atoms with Crippen molar-refractivity contribution >= 4 is 11.6 Å². The maximum atomic E-state index is 13.0. The van der Waals surface area contributed by atoms with Gasteiger partial charge >= 0.3 is 0 Å². The van der Waals surface area contributed by atoms with Gasteiger partial charge in [0.25, 0.3) is 0 Å². The fraction of sp³-hybridized carbons (Fsp3) is 0.562. The molecule has 0 saturated heterocycles. The molecule has 2 N–H and O–H groups in total. The van der Waals surface area contributed by atoms with Gasteiger partial charge in [-0.1, -0.05) is 38.2 Å². The first-order valence-corrected chi connectivity index (χ1v) is 7.53. The van der Waals surface area contributed by atoms with Crippen LogP contribution in [0.2, 0.25) is 0 Å². The topological polar surface area (TPSA) is 41.1 Å². The zero-order valence-corrected chi connectivity index (χ0v) is 11.8. The van der Waals surface area contributed by atoms with Crippen LogP contribution >= 0.6 is 0 Å². The van der Waals surface area contributed by atoms with Crippen LogP contribution in [0, 0.1) is 5.82 Å². The molecular weight excluding hydrogens is 255 g/mol. The Labute approximate surface area is 120 Å². The van der Waals surface area contributed by atoms with Gasteiger partial charge in [0, 0.05) is 11.7 Å². The van der Waals surface area contributed by atoms with Crippen molar-refractivity contribution in [3.05, 3.63) is 30.1 Å². The zero-order valence-electron chi connectivity index (χ0n) is 11.8. The minimum atomic E-state index is -0.337. The second kappa shape index (κ2) is 8.00. The summed E-state index contributed by atoms with van der Waals surface area (Å²) in [6.07, 6.45) is 8.71. The van der Waals surface area contributed by atoms with Crippen molar-refractivity contribution < 1.29 is 9.18 Å². The third kappa shape index (κ3) is 5.29. The highest BCUT2D eigenvalue weighted by atomic mass is 19.1. The first-order chi connectivity index (χ1) is 9.74. The molecule has 0 radical (unpaired) electrons. The Morgan fingerprint density at radius 2 is 1.85 bits per heavy atom. The third-order valence-corrected chi connectivity index (χ3v) is 3.76. The van der Waals surface area contributed by atoms with Gasteiger partial charge in [-0.25, -0.2) is 4.39 Å². The van der Waals surface area contributed by atoms with E-state index in [1.165, 1.54) is 44.2 Å². The average Bonchev–Trinajstić information content (AvgIpc) is 2.37. The summed E-state index contributed by atoms with van der Waals surface area (Å²) in [6.45, 7) is 0.293. The molecule has 4 heteroatoms. The zero-order chi connectivity index (χ0) is 14.2. The SMILES string of the molecule is O=C(CNC1CCCCCCC1)Nc1cccc(F)c1. The Morgan fingerprint density at radius 1 is 1.15 bits per heavy atom. The maximum Gasteiger partial charge on any atom is 0.238 e. The molecule has 0 aromatic heterocycles. The average molecular weight is 278 g/mol. The predicted octanol–water partition coefficient (Wildman–Crippen LogP) is 3.47. The Kier molecular flexibility index (Phi) is 5.99. The minimum Gasteiger partial charge on any atom is -0.325 e. The van der Waals surface area contributed by atoms with Crippen molar-refractivity contribution in [1.29, 1.82) is 0 Å². The van der Waals surface area contributed by atoms with Crippen molar-refractivity contribution in [2.45, 2.75) is 51.0 Å². The van der Waals surface area contributed by atoms with Gasteiger partial charge in [-0.05, 0) is 31.0 Å². The van der Waals surface area contributed by atoms with Gasteiger partial charge < -0.3 is 10.6 Å². The number of carbonyl (C=O) groups excluding carboxylic acids is 1. The van der Waals surface area contributed by atoms with E-state index < -0.39 is 0 Å². The van der Waals surface area contributed by atoms with Crippen LogP contribution in [0.4, 0.5) is 10.1 Å². The molecule has 2 rings (SSSR count). The lowest BCUT2D eigenvalue weighted by atomic mass is 9.97. The first-order valence-electron chi connectivity index (χ1n) is 7.53. The number of carbonyl (C=O) groups is 1. The Balaban J connectivity index is 1.73. The second-order valence-corrected chi connectivity index (χ2v) is 5.48. The van der Waals surface area contributed by atoms with E-state index in [9.17, 15) is 9.18 Å². The molecule has 20 heavy (non-hydrogen) atoms. The fourth-order valence-electron chi connectivity index (χ4n) is 2.67. The summed E-state index contributed by atoms with van der Waals surface area (Å²) in [5, 5.41) is 6.03. The van der Waals surface area contributed by atoms with E-state index in [2.05, 4.69) is 10.6 Å². The molecule has 0 aliphatic heterocycles. The van der Waals surface area contributed by atoms with Crippen LogP contribution in [0.1, 0.15) is 44.9 Å². The van der Waals surface area contributed by atoms with Crippen molar-refractivity contribution in [2.24, 2.45) is 0 Å². The normalized spacial score (nSPS) is 17.2. The highest BCUT2D eigenvalue weighted by Gasteiger charge is 2.12. The number of rotatable bonds is 4. The van der Waals surface area contributed by atoms with Gasteiger partial charge in [0.05, 0.1) is 6.54 Å². The summed E-state index contributed by atoms with van der Waals surface area (Å²) in [4.78, 5) is 11.8. The molecular formula is C16H23FN2O. The summed E-state index contributed by atoms with van der Waals surface area (Å²) < 4.78 is 13.0. The molecule has 1 amide bonds. The minimum absolute atomic E-state index is 0.113. The van der Waals surface area contributed by atoms with E-state index in [1.807, 2.05) is 0 Å². The maximum absolute atomic E-state index is 13.0. The van der Waals surface area contributed by atoms with Crippen LogP contribution in [0.5, 0.6) is 0 Å². The number of amides is 1. The summed E-state index contributed by atoms with van der Waals surface area (Å²) in [6, 6.07) is 6.41. The molecule has 1 aliphatic carbocycles. The second-order valence-electron chi connectivity index (χ2n) is 5.48. The highest BCUT2D eigenvalue weighted by Crippen LogP contribution is 2.17. The number of hydrogen-bond acceptors (Lipinski definition) is 2. The molecule has 1 fully saturated rings. The van der Waals surface area contributed by atoms with Crippen LogP contribution in [0.3, 0.4) is 0 Å². The lowest BCUT2D eigenvalue weighted by Crippen LogP contribution is -2.36. The molecule has 0 bridgehead atoms. The lowest BCUT2D eigenvalue weighted by molar-refractivity contribution is -0.115. The van der Waals surface area contributed by atoms with Gasteiger partial charge in [0.15, 0.2) is 0 Å². The lowest BCUT2D eigenvalue weighted by Gasteiger charge is -2.20. The molecule has 1 saturated carbocycles. The summed E-state index contributed by atoms with van der Waals surface area (Å²) >= 11 is 0. The first kappa shape index (κ1) is 15.0. The molecule has 0 atom stereocenters. The number of hydrogen-bond donors (Lipinski definition) is 2. The van der Waals surface area contributed by atoms with Crippen molar-refractivity contribution in [3.8, 4) is 0 Å². The van der Waals surface area contributed by atoms with Gasteiger partial charge in [-0.15, -0.1) is 0 Å². The third-order valence-electron chi connectivity index (χ3n) is 3.76. The molecule has 3 nitrogen and oxygen atoms in total. The van der Waals surface area contributed by atoms with Crippen LogP contribution in [0.25, 0.3) is 0 Å². The molecule has 110 valence electrons. The van der Waals surface area contributed by atoms with Gasteiger partial charge in [-0.3, -0.25) is 4.79 Å². The molecule has 0 heterocycles.